The van der Waals surface area contributed by atoms with Crippen LogP contribution in [0.2, 0.25) is 0 Å². The molecule has 0 aliphatic carbocycles. The summed E-state index contributed by atoms with van der Waals surface area (Å²) in [6.45, 7) is 3.22. The third-order valence-electron chi connectivity index (χ3n) is 6.85. The van der Waals surface area contributed by atoms with Crippen molar-refractivity contribution in [2.24, 2.45) is 5.92 Å². The summed E-state index contributed by atoms with van der Waals surface area (Å²) >= 11 is 1.38. The monoisotopic (exact) mass is 505 g/mol. The highest BCUT2D eigenvalue weighted by Gasteiger charge is 2.31. The Morgan fingerprint density at radius 3 is 2.64 bits per heavy atom. The van der Waals surface area contributed by atoms with Crippen molar-refractivity contribution in [3.05, 3.63) is 65.2 Å². The van der Waals surface area contributed by atoms with Crippen molar-refractivity contribution in [3.8, 4) is 0 Å². The second-order valence-electron chi connectivity index (χ2n) is 9.57. The van der Waals surface area contributed by atoms with Crippen LogP contribution in [0, 0.1) is 5.92 Å². The van der Waals surface area contributed by atoms with E-state index in [0.717, 1.165) is 47.9 Å². The molecule has 190 valence electrons. The van der Waals surface area contributed by atoms with E-state index >= 15 is 0 Å². The minimum absolute atomic E-state index is 0.0846. The molecule has 0 radical (unpaired) electrons. The van der Waals surface area contributed by atoms with Crippen molar-refractivity contribution in [1.29, 1.82) is 0 Å². The van der Waals surface area contributed by atoms with Gasteiger partial charge in [0, 0.05) is 19.5 Å². The van der Waals surface area contributed by atoms with E-state index in [2.05, 4.69) is 17.2 Å². The number of nitrogens with one attached hydrogen (secondary N) is 1. The molecule has 0 bridgehead atoms. The lowest BCUT2D eigenvalue weighted by molar-refractivity contribution is -0.135. The summed E-state index contributed by atoms with van der Waals surface area (Å²) < 4.78 is 0.969. The van der Waals surface area contributed by atoms with Crippen molar-refractivity contribution in [3.63, 3.8) is 0 Å². The number of nitrogens with zero attached hydrogens (tertiary/aromatic N) is 2. The molecule has 0 saturated carbocycles. The van der Waals surface area contributed by atoms with E-state index in [0.29, 0.717) is 37.4 Å². The standard InChI is InChI=1S/C29H35N3O3S/c1-2-3-5-15-24(27(34)29-31-23-14-8-9-16-25(23)36-29)30-28(35)22-13-10-19-32(20-22)26(33)18-17-21-11-6-4-7-12-21/h4,6-9,11-12,14,16,22,24H,2-3,5,10,13,15,17-20H2,1H3,(H,30,35). The maximum absolute atomic E-state index is 13.4. The molecule has 3 aromatic rings. The smallest absolute Gasteiger partial charge is 0.225 e. The minimum atomic E-state index is -0.589. The number of hydrogen-bond donors (Lipinski definition) is 1. The number of amides is 2. The second kappa shape index (κ2) is 12.8. The molecular weight excluding hydrogens is 470 g/mol. The van der Waals surface area contributed by atoms with Crippen LogP contribution in [-0.4, -0.2) is 46.6 Å². The lowest BCUT2D eigenvalue weighted by Crippen LogP contribution is -2.49. The van der Waals surface area contributed by atoms with Gasteiger partial charge in [-0.3, -0.25) is 14.4 Å². The maximum Gasteiger partial charge on any atom is 0.225 e. The van der Waals surface area contributed by atoms with E-state index in [-0.39, 0.29) is 23.5 Å². The summed E-state index contributed by atoms with van der Waals surface area (Å²) in [5, 5.41) is 3.49. The Morgan fingerprint density at radius 2 is 1.86 bits per heavy atom. The Bertz CT molecular complexity index is 1140. The molecular formula is C29H35N3O3S. The SMILES string of the molecule is CCCCCC(NC(=O)C1CCCN(C(=O)CCc2ccccc2)C1)C(=O)c1nc2ccccc2s1. The number of fused-ring (bicyclic) bond motifs is 1. The molecule has 1 aromatic heterocycles. The number of aromatic nitrogens is 1. The first kappa shape index (κ1) is 26.0. The van der Waals surface area contributed by atoms with Crippen molar-refractivity contribution in [2.75, 3.05) is 13.1 Å². The Hall–Kier alpha value is -3.06. The summed E-state index contributed by atoms with van der Waals surface area (Å²) in [5.41, 5.74) is 1.95. The van der Waals surface area contributed by atoms with Gasteiger partial charge in [-0.1, -0.05) is 68.7 Å². The van der Waals surface area contributed by atoms with Crippen LogP contribution in [0.4, 0.5) is 0 Å². The fraction of sp³-hybridized carbons (Fsp3) is 0.448. The predicted molar refractivity (Wildman–Crippen MR) is 144 cm³/mol. The quantitative estimate of drug-likeness (QED) is 0.279. The number of carbonyl (C=O) groups is 3. The van der Waals surface area contributed by atoms with Crippen LogP contribution in [-0.2, 0) is 16.0 Å². The van der Waals surface area contributed by atoms with Crippen LogP contribution < -0.4 is 5.32 Å². The van der Waals surface area contributed by atoms with Gasteiger partial charge < -0.3 is 10.2 Å². The molecule has 1 N–H and O–H groups in total. The van der Waals surface area contributed by atoms with Gasteiger partial charge in [-0.25, -0.2) is 4.98 Å². The van der Waals surface area contributed by atoms with Crippen LogP contribution in [0.5, 0.6) is 0 Å². The lowest BCUT2D eigenvalue weighted by Gasteiger charge is -2.33. The van der Waals surface area contributed by atoms with Gasteiger partial charge in [0.15, 0.2) is 5.01 Å². The Balaban J connectivity index is 1.38. The summed E-state index contributed by atoms with van der Waals surface area (Å²) in [7, 11) is 0. The molecule has 2 amide bonds. The van der Waals surface area contributed by atoms with Crippen molar-refractivity contribution in [2.45, 2.75) is 64.3 Å². The summed E-state index contributed by atoms with van der Waals surface area (Å²) in [5.74, 6) is -0.462. The number of hydrogen-bond acceptors (Lipinski definition) is 5. The average Bonchev–Trinajstić information content (AvgIpc) is 3.36. The molecule has 1 aliphatic rings. The Kier molecular flexibility index (Phi) is 9.23. The average molecular weight is 506 g/mol. The van der Waals surface area contributed by atoms with E-state index in [1.165, 1.54) is 11.3 Å². The van der Waals surface area contributed by atoms with E-state index in [9.17, 15) is 14.4 Å². The van der Waals surface area contributed by atoms with E-state index in [4.69, 9.17) is 0 Å². The maximum atomic E-state index is 13.4. The number of rotatable bonds is 11. The number of benzene rings is 2. The fourth-order valence-electron chi connectivity index (χ4n) is 4.76. The zero-order chi connectivity index (χ0) is 25.3. The molecule has 1 aliphatic heterocycles. The van der Waals surface area contributed by atoms with Crippen LogP contribution in [0.3, 0.4) is 0 Å². The molecule has 4 rings (SSSR count). The largest absolute Gasteiger partial charge is 0.346 e. The van der Waals surface area contributed by atoms with Gasteiger partial charge in [-0.15, -0.1) is 11.3 Å². The lowest BCUT2D eigenvalue weighted by atomic mass is 9.95. The molecule has 1 saturated heterocycles. The zero-order valence-electron chi connectivity index (χ0n) is 20.9. The molecule has 7 heteroatoms. The van der Waals surface area contributed by atoms with E-state index < -0.39 is 6.04 Å². The van der Waals surface area contributed by atoms with Crippen molar-refractivity contribution < 1.29 is 14.4 Å². The third kappa shape index (κ3) is 6.78. The number of piperidine rings is 1. The van der Waals surface area contributed by atoms with Gasteiger partial charge in [-0.05, 0) is 43.4 Å². The summed E-state index contributed by atoms with van der Waals surface area (Å²) in [6, 6.07) is 17.1. The number of carbonyl (C=O) groups excluding carboxylic acids is 3. The van der Waals surface area contributed by atoms with Crippen LogP contribution in [0.15, 0.2) is 54.6 Å². The van der Waals surface area contributed by atoms with Gasteiger partial charge in [-0.2, -0.15) is 0 Å². The molecule has 2 heterocycles. The first-order chi connectivity index (χ1) is 17.5. The van der Waals surface area contributed by atoms with Crippen LogP contribution in [0.25, 0.3) is 10.2 Å². The highest BCUT2D eigenvalue weighted by molar-refractivity contribution is 7.20. The number of likely N-dealkylation sites (tertiary alicyclic amines) is 1. The highest BCUT2D eigenvalue weighted by atomic mass is 32.1. The van der Waals surface area contributed by atoms with Crippen molar-refractivity contribution >= 4 is 39.2 Å². The first-order valence-corrected chi connectivity index (χ1v) is 13.9. The number of thiazole rings is 1. The number of para-hydroxylation sites is 1. The van der Waals surface area contributed by atoms with Crippen molar-refractivity contribution in [1.82, 2.24) is 15.2 Å². The van der Waals surface area contributed by atoms with Gasteiger partial charge in [0.25, 0.3) is 0 Å². The number of ketones is 1. The molecule has 1 fully saturated rings. The van der Waals surface area contributed by atoms with E-state index in [1.807, 2.05) is 59.5 Å². The van der Waals surface area contributed by atoms with Gasteiger partial charge in [0.2, 0.25) is 17.6 Å². The number of aryl methyl sites for hydroxylation is 1. The van der Waals surface area contributed by atoms with Gasteiger partial charge >= 0.3 is 0 Å². The molecule has 2 aromatic carbocycles. The third-order valence-corrected chi connectivity index (χ3v) is 7.90. The topological polar surface area (TPSA) is 79.4 Å². The fourth-order valence-corrected chi connectivity index (χ4v) is 5.72. The minimum Gasteiger partial charge on any atom is -0.346 e. The highest BCUT2D eigenvalue weighted by Crippen LogP contribution is 2.24. The summed E-state index contributed by atoms with van der Waals surface area (Å²) in [6.07, 6.45) is 6.17. The second-order valence-corrected chi connectivity index (χ2v) is 10.6. The normalized spacial score (nSPS) is 16.6. The first-order valence-electron chi connectivity index (χ1n) is 13.1. The van der Waals surface area contributed by atoms with Crippen LogP contribution >= 0.6 is 11.3 Å². The predicted octanol–water partition coefficient (Wildman–Crippen LogP) is 5.42. The molecule has 0 spiro atoms. The number of Topliss-reactive ketones (excluding diaryl/α,β-unsaturated/α-hetero) is 1. The Labute approximate surface area is 217 Å². The molecule has 2 atom stereocenters. The molecule has 6 nitrogen and oxygen atoms in total. The summed E-state index contributed by atoms with van der Waals surface area (Å²) in [4.78, 5) is 45.9. The van der Waals surface area contributed by atoms with Crippen LogP contribution in [0.1, 0.15) is 67.2 Å². The van der Waals surface area contributed by atoms with Gasteiger partial charge in [0.1, 0.15) is 0 Å². The van der Waals surface area contributed by atoms with E-state index in [1.54, 1.807) is 0 Å². The Morgan fingerprint density at radius 1 is 1.08 bits per heavy atom. The number of unbranched alkanes of at least 4 members (excludes halogenated alkanes) is 2. The van der Waals surface area contributed by atoms with Gasteiger partial charge in [0.05, 0.1) is 22.2 Å². The molecule has 2 unspecified atom stereocenters. The molecule has 36 heavy (non-hydrogen) atoms. The zero-order valence-corrected chi connectivity index (χ0v) is 21.8.